The lowest BCUT2D eigenvalue weighted by Crippen LogP contribution is -2.66. The maximum atomic E-state index is 12.4. The summed E-state index contributed by atoms with van der Waals surface area (Å²) in [4.78, 5) is 23.8. The van der Waals surface area contributed by atoms with E-state index in [0.717, 1.165) is 0 Å². The summed E-state index contributed by atoms with van der Waals surface area (Å²) in [7, 11) is 0. The molecule has 0 aliphatic carbocycles. The summed E-state index contributed by atoms with van der Waals surface area (Å²) in [6.45, 7) is 1.88. The van der Waals surface area contributed by atoms with Crippen LogP contribution in [0.5, 0.6) is 0 Å². The smallest absolute Gasteiger partial charge is 0.315 e. The van der Waals surface area contributed by atoms with Gasteiger partial charge in [0.05, 0.1) is 0 Å². The van der Waals surface area contributed by atoms with Crippen molar-refractivity contribution in [1.29, 1.82) is 0 Å². The summed E-state index contributed by atoms with van der Waals surface area (Å²) in [5.41, 5.74) is 5.75. The van der Waals surface area contributed by atoms with Gasteiger partial charge in [0.2, 0.25) is 5.78 Å². The second-order valence-electron chi connectivity index (χ2n) is 4.12. The van der Waals surface area contributed by atoms with E-state index >= 15 is 0 Å². The summed E-state index contributed by atoms with van der Waals surface area (Å²) in [5, 5.41) is 5.00. The second kappa shape index (κ2) is 4.62. The third kappa shape index (κ3) is 2.00. The van der Waals surface area contributed by atoms with Crippen LogP contribution >= 0.6 is 0 Å². The lowest BCUT2D eigenvalue weighted by atomic mass is 9.89. The number of benzene rings is 1. The molecule has 1 unspecified atom stereocenters. The zero-order valence-corrected chi connectivity index (χ0v) is 10.1. The van der Waals surface area contributed by atoms with Crippen LogP contribution in [-0.4, -0.2) is 17.5 Å². The summed E-state index contributed by atoms with van der Waals surface area (Å²) >= 11 is 0. The molecule has 1 aliphatic rings. The van der Waals surface area contributed by atoms with E-state index in [9.17, 15) is 9.59 Å². The van der Waals surface area contributed by atoms with Gasteiger partial charge in [0.25, 0.3) is 0 Å². The monoisotopic (exact) mass is 245 g/mol. The van der Waals surface area contributed by atoms with E-state index in [2.05, 4.69) is 10.6 Å². The first-order valence-electron chi connectivity index (χ1n) is 5.75. The highest BCUT2D eigenvalue weighted by atomic mass is 16.2. The molecule has 1 aliphatic heterocycles. The number of hydrogen-bond donors (Lipinski definition) is 3. The molecule has 5 heteroatoms. The van der Waals surface area contributed by atoms with Crippen LogP contribution < -0.4 is 16.4 Å². The van der Waals surface area contributed by atoms with Gasteiger partial charge in [0, 0.05) is 11.8 Å². The molecule has 2 amide bonds. The standard InChI is InChI=1S/C13H15N3O2/c1-2-10-8-15-12(18)16-13(10,14)11(17)9-6-4-3-5-7-9/h3-8H,2,14H2,1H3,(H2,15,16,18). The maximum Gasteiger partial charge on any atom is 0.320 e. The van der Waals surface area contributed by atoms with E-state index in [0.29, 0.717) is 17.6 Å². The Bertz CT molecular complexity index is 510. The highest BCUT2D eigenvalue weighted by molar-refractivity contribution is 6.07. The van der Waals surface area contributed by atoms with Gasteiger partial charge in [-0.25, -0.2) is 4.79 Å². The Hall–Kier alpha value is -2.14. The molecule has 0 saturated carbocycles. The number of nitrogens with two attached hydrogens (primary N) is 1. The number of urea groups is 1. The lowest BCUT2D eigenvalue weighted by molar-refractivity contribution is 0.0886. The van der Waals surface area contributed by atoms with Gasteiger partial charge in [-0.15, -0.1) is 0 Å². The molecule has 0 saturated heterocycles. The van der Waals surface area contributed by atoms with Crippen molar-refractivity contribution in [3.05, 3.63) is 47.7 Å². The zero-order valence-electron chi connectivity index (χ0n) is 10.1. The minimum atomic E-state index is -1.46. The summed E-state index contributed by atoms with van der Waals surface area (Å²) in [5.74, 6) is -0.314. The van der Waals surface area contributed by atoms with Crippen molar-refractivity contribution >= 4 is 11.8 Å². The first-order valence-corrected chi connectivity index (χ1v) is 5.75. The first kappa shape index (κ1) is 12.3. The minimum absolute atomic E-state index is 0.314. The number of amides is 2. The molecule has 1 aromatic rings. The molecule has 2 rings (SSSR count). The molecule has 5 nitrogen and oxygen atoms in total. The second-order valence-corrected chi connectivity index (χ2v) is 4.12. The van der Waals surface area contributed by atoms with Crippen molar-refractivity contribution in [2.75, 3.05) is 0 Å². The first-order chi connectivity index (χ1) is 8.58. The lowest BCUT2D eigenvalue weighted by Gasteiger charge is -2.34. The number of carbonyl (C=O) groups is 2. The Morgan fingerprint density at radius 1 is 1.33 bits per heavy atom. The van der Waals surface area contributed by atoms with E-state index in [-0.39, 0.29) is 5.78 Å². The molecule has 1 aromatic carbocycles. The number of ketones is 1. The zero-order chi connectivity index (χ0) is 13.2. The van der Waals surface area contributed by atoms with Crippen molar-refractivity contribution in [1.82, 2.24) is 10.6 Å². The van der Waals surface area contributed by atoms with Crippen LogP contribution in [0.15, 0.2) is 42.1 Å². The molecule has 0 spiro atoms. The fraction of sp³-hybridized carbons (Fsp3) is 0.231. The molecular weight excluding hydrogens is 230 g/mol. The van der Waals surface area contributed by atoms with Gasteiger partial charge in [-0.2, -0.15) is 0 Å². The van der Waals surface area contributed by atoms with Crippen LogP contribution in [0.25, 0.3) is 0 Å². The Morgan fingerprint density at radius 2 is 2.00 bits per heavy atom. The van der Waals surface area contributed by atoms with E-state index < -0.39 is 11.7 Å². The molecular formula is C13H15N3O2. The largest absolute Gasteiger partial charge is 0.320 e. The summed E-state index contributed by atoms with van der Waals surface area (Å²) in [6.07, 6.45) is 2.07. The number of carbonyl (C=O) groups excluding carboxylic acids is 2. The minimum Gasteiger partial charge on any atom is -0.315 e. The third-order valence-electron chi connectivity index (χ3n) is 2.97. The Kier molecular flexibility index (Phi) is 3.16. The van der Waals surface area contributed by atoms with Crippen LogP contribution in [0.1, 0.15) is 23.7 Å². The van der Waals surface area contributed by atoms with Gasteiger partial charge in [-0.05, 0) is 12.0 Å². The Labute approximate surface area is 105 Å². The molecule has 1 heterocycles. The quantitative estimate of drug-likeness (QED) is 0.698. The highest BCUT2D eigenvalue weighted by Crippen LogP contribution is 2.21. The van der Waals surface area contributed by atoms with Crippen molar-refractivity contribution in [3.8, 4) is 0 Å². The van der Waals surface area contributed by atoms with Crippen LogP contribution in [0.4, 0.5) is 4.79 Å². The highest BCUT2D eigenvalue weighted by Gasteiger charge is 2.41. The van der Waals surface area contributed by atoms with Crippen molar-refractivity contribution in [3.63, 3.8) is 0 Å². The maximum absolute atomic E-state index is 12.4. The summed E-state index contributed by atoms with van der Waals surface area (Å²) in [6, 6.07) is 8.22. The normalized spacial score (nSPS) is 22.8. The summed E-state index contributed by atoms with van der Waals surface area (Å²) < 4.78 is 0. The fourth-order valence-corrected chi connectivity index (χ4v) is 1.96. The molecule has 0 aromatic heterocycles. The van der Waals surface area contributed by atoms with Gasteiger partial charge in [-0.3, -0.25) is 10.5 Å². The molecule has 18 heavy (non-hydrogen) atoms. The Balaban J connectivity index is 2.41. The third-order valence-corrected chi connectivity index (χ3v) is 2.97. The average Bonchev–Trinajstić information content (AvgIpc) is 2.39. The van der Waals surface area contributed by atoms with Crippen LogP contribution in [0, 0.1) is 0 Å². The van der Waals surface area contributed by atoms with Crippen LogP contribution in [0.2, 0.25) is 0 Å². The van der Waals surface area contributed by atoms with E-state index in [4.69, 9.17) is 5.73 Å². The molecule has 0 bridgehead atoms. The van der Waals surface area contributed by atoms with Crippen molar-refractivity contribution < 1.29 is 9.59 Å². The van der Waals surface area contributed by atoms with Gasteiger partial charge in [0.15, 0.2) is 5.66 Å². The number of rotatable bonds is 3. The van der Waals surface area contributed by atoms with Gasteiger partial charge in [0.1, 0.15) is 0 Å². The number of nitrogens with one attached hydrogen (secondary N) is 2. The molecule has 0 radical (unpaired) electrons. The molecule has 0 fully saturated rings. The van der Waals surface area contributed by atoms with Gasteiger partial charge >= 0.3 is 6.03 Å². The number of Topliss-reactive ketones (excluding diaryl/α,β-unsaturated/α-hetero) is 1. The predicted octanol–water partition coefficient (Wildman–Crippen LogP) is 1.13. The number of hydrogen-bond acceptors (Lipinski definition) is 3. The molecule has 94 valence electrons. The van der Waals surface area contributed by atoms with E-state index in [1.165, 1.54) is 6.20 Å². The Morgan fingerprint density at radius 3 is 2.61 bits per heavy atom. The van der Waals surface area contributed by atoms with Gasteiger partial charge < -0.3 is 10.6 Å². The van der Waals surface area contributed by atoms with Crippen molar-refractivity contribution in [2.24, 2.45) is 5.73 Å². The molecule has 1 atom stereocenters. The van der Waals surface area contributed by atoms with Crippen molar-refractivity contribution in [2.45, 2.75) is 19.0 Å². The predicted molar refractivity (Wildman–Crippen MR) is 67.7 cm³/mol. The topological polar surface area (TPSA) is 84.2 Å². The van der Waals surface area contributed by atoms with E-state index in [1.807, 2.05) is 13.0 Å². The van der Waals surface area contributed by atoms with Gasteiger partial charge in [-0.1, -0.05) is 37.3 Å². The SMILES string of the molecule is CCC1=CNC(=O)NC1(N)C(=O)c1ccccc1. The van der Waals surface area contributed by atoms with Crippen LogP contribution in [-0.2, 0) is 0 Å². The molecule has 4 N–H and O–H groups in total. The van der Waals surface area contributed by atoms with Crippen LogP contribution in [0.3, 0.4) is 0 Å². The van der Waals surface area contributed by atoms with E-state index in [1.54, 1.807) is 24.3 Å². The average molecular weight is 245 g/mol. The fourth-order valence-electron chi connectivity index (χ4n) is 1.96.